The summed E-state index contributed by atoms with van der Waals surface area (Å²) in [6.45, 7) is 0. The van der Waals surface area contributed by atoms with Crippen LogP contribution in [0.4, 0.5) is 4.39 Å². The molecule has 0 radical (unpaired) electrons. The van der Waals surface area contributed by atoms with Crippen molar-refractivity contribution in [3.63, 3.8) is 0 Å². The van der Waals surface area contributed by atoms with Gasteiger partial charge in [-0.25, -0.2) is 9.37 Å². The molecule has 7 rings (SSSR count). The van der Waals surface area contributed by atoms with Gasteiger partial charge >= 0.3 is 0 Å². The monoisotopic (exact) mass is 454 g/mol. The van der Waals surface area contributed by atoms with Gasteiger partial charge in [-0.2, -0.15) is 0 Å². The highest BCUT2D eigenvalue weighted by Crippen LogP contribution is 2.33. The smallest absolute Gasteiger partial charge is 0.227 e. The van der Waals surface area contributed by atoms with Crippen molar-refractivity contribution >= 4 is 32.9 Å². The maximum Gasteiger partial charge on any atom is 0.227 e. The molecule has 0 amide bonds. The minimum absolute atomic E-state index is 0.257. The maximum atomic E-state index is 14.0. The quantitative estimate of drug-likeness (QED) is 0.268. The summed E-state index contributed by atoms with van der Waals surface area (Å²) in [6.07, 6.45) is 0. The highest BCUT2D eigenvalue weighted by molar-refractivity contribution is 6.09. The van der Waals surface area contributed by atoms with Crippen molar-refractivity contribution in [2.24, 2.45) is 0 Å². The summed E-state index contributed by atoms with van der Waals surface area (Å²) in [4.78, 5) is 4.33. The van der Waals surface area contributed by atoms with Crippen LogP contribution in [0.5, 0.6) is 0 Å². The number of hydrogen-bond acceptors (Lipinski definition) is 2. The Morgan fingerprint density at radius 1 is 0.571 bits per heavy atom. The van der Waals surface area contributed by atoms with E-state index in [0.29, 0.717) is 11.5 Å². The van der Waals surface area contributed by atoms with Crippen molar-refractivity contribution in [2.45, 2.75) is 0 Å². The van der Waals surface area contributed by atoms with Crippen molar-refractivity contribution in [3.8, 4) is 28.3 Å². The predicted octanol–water partition coefficient (Wildman–Crippen LogP) is 8.40. The number of benzene rings is 5. The zero-order valence-electron chi connectivity index (χ0n) is 18.7. The second-order valence-electron chi connectivity index (χ2n) is 8.60. The number of halogens is 1. The van der Waals surface area contributed by atoms with Crippen molar-refractivity contribution < 1.29 is 8.81 Å². The van der Waals surface area contributed by atoms with Gasteiger partial charge in [0.25, 0.3) is 0 Å². The van der Waals surface area contributed by atoms with Crippen LogP contribution in [0, 0.1) is 5.82 Å². The van der Waals surface area contributed by atoms with E-state index in [-0.39, 0.29) is 11.3 Å². The number of rotatable bonds is 3. The Bertz CT molecular complexity index is 1790. The molecule has 0 N–H and O–H groups in total. The number of nitrogens with zero attached hydrogens (tertiary/aromatic N) is 2. The zero-order valence-corrected chi connectivity index (χ0v) is 18.7. The molecule has 0 saturated carbocycles. The molecule has 0 aliphatic rings. The van der Waals surface area contributed by atoms with Gasteiger partial charge in [-0.1, -0.05) is 66.7 Å². The van der Waals surface area contributed by atoms with Crippen LogP contribution in [0.25, 0.3) is 61.2 Å². The van der Waals surface area contributed by atoms with Crippen LogP contribution >= 0.6 is 0 Å². The Morgan fingerprint density at radius 2 is 1.14 bits per heavy atom. The van der Waals surface area contributed by atoms with Crippen molar-refractivity contribution in [2.75, 3.05) is 0 Å². The van der Waals surface area contributed by atoms with Gasteiger partial charge in [-0.05, 0) is 59.7 Å². The Hall–Kier alpha value is -4.70. The average Bonchev–Trinajstić information content (AvgIpc) is 3.50. The highest BCUT2D eigenvalue weighted by Gasteiger charge is 2.13. The molecule has 166 valence electrons. The van der Waals surface area contributed by atoms with Gasteiger partial charge in [0, 0.05) is 22.0 Å². The summed E-state index contributed by atoms with van der Waals surface area (Å²) in [5, 5.41) is 2.50. The Balaban J connectivity index is 1.25. The molecule has 0 spiro atoms. The van der Waals surface area contributed by atoms with Crippen LogP contribution in [-0.4, -0.2) is 9.55 Å². The third-order valence-electron chi connectivity index (χ3n) is 6.54. The summed E-state index contributed by atoms with van der Waals surface area (Å²) in [6, 6.07) is 38.3. The normalized spacial score (nSPS) is 11.6. The first-order chi connectivity index (χ1) is 17.3. The fraction of sp³-hybridized carbons (Fsp3) is 0. The Labute approximate surface area is 200 Å². The first kappa shape index (κ1) is 19.7. The molecule has 5 aromatic carbocycles. The molecule has 2 aromatic heterocycles. The first-order valence-electron chi connectivity index (χ1n) is 11.5. The summed E-state index contributed by atoms with van der Waals surface area (Å²) in [5.74, 6) is 0.0378. The van der Waals surface area contributed by atoms with Crippen molar-refractivity contribution in [1.82, 2.24) is 9.55 Å². The molecule has 0 unspecified atom stereocenters. The molecule has 0 bridgehead atoms. The van der Waals surface area contributed by atoms with E-state index >= 15 is 0 Å². The number of para-hydroxylation sites is 3. The number of fused-ring (bicyclic) bond motifs is 4. The van der Waals surface area contributed by atoms with Gasteiger partial charge in [-0.3, -0.25) is 0 Å². The van der Waals surface area contributed by atoms with Crippen LogP contribution in [0.2, 0.25) is 0 Å². The first-order valence-corrected chi connectivity index (χ1v) is 11.5. The van der Waals surface area contributed by atoms with E-state index in [1.165, 1.54) is 27.9 Å². The van der Waals surface area contributed by atoms with Gasteiger partial charge in [0.15, 0.2) is 11.4 Å². The molecule has 35 heavy (non-hydrogen) atoms. The Kier molecular flexibility index (Phi) is 4.33. The van der Waals surface area contributed by atoms with Gasteiger partial charge in [-0.15, -0.1) is 0 Å². The fourth-order valence-electron chi connectivity index (χ4n) is 4.85. The summed E-state index contributed by atoms with van der Waals surface area (Å²) >= 11 is 0. The fourth-order valence-corrected chi connectivity index (χ4v) is 4.85. The van der Waals surface area contributed by atoms with E-state index in [1.807, 2.05) is 24.3 Å². The second kappa shape index (κ2) is 7.67. The maximum absolute atomic E-state index is 14.0. The van der Waals surface area contributed by atoms with Crippen LogP contribution in [0.3, 0.4) is 0 Å². The number of hydrogen-bond donors (Lipinski definition) is 0. The van der Waals surface area contributed by atoms with Crippen LogP contribution in [-0.2, 0) is 0 Å². The van der Waals surface area contributed by atoms with Gasteiger partial charge in [0.2, 0.25) is 5.89 Å². The lowest BCUT2D eigenvalue weighted by atomic mass is 10.0. The topological polar surface area (TPSA) is 31.0 Å². The van der Waals surface area contributed by atoms with E-state index in [4.69, 9.17) is 4.42 Å². The minimum Gasteiger partial charge on any atom is -0.436 e. The van der Waals surface area contributed by atoms with Crippen LogP contribution in [0.15, 0.2) is 120 Å². The molecular weight excluding hydrogens is 435 g/mol. The minimum atomic E-state index is -0.377. The van der Waals surface area contributed by atoms with Crippen molar-refractivity contribution in [3.05, 3.63) is 121 Å². The largest absolute Gasteiger partial charge is 0.436 e. The summed E-state index contributed by atoms with van der Waals surface area (Å²) in [5.41, 5.74) is 7.23. The molecule has 0 fully saturated rings. The average molecular weight is 455 g/mol. The summed E-state index contributed by atoms with van der Waals surface area (Å²) in [7, 11) is 0. The second-order valence-corrected chi connectivity index (χ2v) is 8.60. The van der Waals surface area contributed by atoms with Gasteiger partial charge in [0.1, 0.15) is 5.52 Å². The standard InChI is InChI=1S/C31H19FN2O/c32-26-8-5-11-29-30(26)33-31(35-29)22-14-12-20(13-15-22)21-16-18-23(19-17-21)34-27-9-3-1-6-24(27)25-7-2-4-10-28(25)34/h1-19H. The van der Waals surface area contributed by atoms with E-state index in [9.17, 15) is 4.39 Å². The van der Waals surface area contributed by atoms with E-state index in [1.54, 1.807) is 12.1 Å². The number of oxazole rings is 1. The molecule has 2 heterocycles. The lowest BCUT2D eigenvalue weighted by Crippen LogP contribution is -1.93. The molecule has 4 heteroatoms. The highest BCUT2D eigenvalue weighted by atomic mass is 19.1. The summed E-state index contributed by atoms with van der Waals surface area (Å²) < 4.78 is 22.0. The van der Waals surface area contributed by atoms with Crippen LogP contribution < -0.4 is 0 Å². The van der Waals surface area contributed by atoms with Gasteiger partial charge < -0.3 is 8.98 Å². The predicted molar refractivity (Wildman–Crippen MR) is 139 cm³/mol. The van der Waals surface area contributed by atoms with Crippen LogP contribution in [0.1, 0.15) is 0 Å². The lowest BCUT2D eigenvalue weighted by molar-refractivity contribution is 0.617. The Morgan fingerprint density at radius 3 is 1.77 bits per heavy atom. The zero-order chi connectivity index (χ0) is 23.4. The molecule has 0 atom stereocenters. The van der Waals surface area contributed by atoms with Gasteiger partial charge in [0.05, 0.1) is 11.0 Å². The van der Waals surface area contributed by atoms with E-state index in [2.05, 4.69) is 82.3 Å². The molecule has 0 saturated heterocycles. The third kappa shape index (κ3) is 3.15. The SMILES string of the molecule is Fc1cccc2oc(-c3ccc(-c4ccc(-n5c6ccccc6c6ccccc65)cc4)cc3)nc12. The molecule has 0 aliphatic carbocycles. The molecule has 3 nitrogen and oxygen atoms in total. The van der Waals surface area contributed by atoms with Crippen molar-refractivity contribution in [1.29, 1.82) is 0 Å². The molecule has 0 aliphatic heterocycles. The molecule has 7 aromatic rings. The molecular formula is C31H19FN2O. The third-order valence-corrected chi connectivity index (χ3v) is 6.54. The number of aromatic nitrogens is 2. The van der Waals surface area contributed by atoms with E-state index in [0.717, 1.165) is 22.4 Å². The lowest BCUT2D eigenvalue weighted by Gasteiger charge is -2.09. The van der Waals surface area contributed by atoms with E-state index < -0.39 is 0 Å².